The van der Waals surface area contributed by atoms with Crippen LogP contribution in [-0.2, 0) is 14.4 Å². The molecule has 2 N–H and O–H groups in total. The van der Waals surface area contributed by atoms with Gasteiger partial charge in [0.15, 0.2) is 0 Å². The molecule has 46 heavy (non-hydrogen) atoms. The van der Waals surface area contributed by atoms with Crippen molar-refractivity contribution < 1.29 is 41.8 Å². The Balaban J connectivity index is 1.69. The van der Waals surface area contributed by atoms with E-state index in [1.165, 1.54) is 42.6 Å². The molecule has 16 heteroatoms. The summed E-state index contributed by atoms with van der Waals surface area (Å²) in [6.45, 7) is -1.39. The summed E-state index contributed by atoms with van der Waals surface area (Å²) in [5.74, 6) is -8.74. The van der Waals surface area contributed by atoms with Crippen LogP contribution < -0.4 is 15.1 Å². The molecule has 3 aromatic rings. The maximum Gasteiger partial charge on any atom is 0.407 e. The summed E-state index contributed by atoms with van der Waals surface area (Å²) in [5, 5.41) is 21.5. The number of hydrogen-bond donors (Lipinski definition) is 2. The number of benzene rings is 2. The van der Waals surface area contributed by atoms with Crippen LogP contribution in [0.25, 0.3) is 0 Å². The van der Waals surface area contributed by atoms with Gasteiger partial charge in [0.25, 0.3) is 11.8 Å². The first-order valence-electron chi connectivity index (χ1n) is 13.7. The number of nitrogens with zero attached hydrogens (tertiary/aromatic N) is 5. The predicted octanol–water partition coefficient (Wildman–Crippen LogP) is 4.27. The molecule has 2 aromatic carbocycles. The van der Waals surface area contributed by atoms with Gasteiger partial charge in [0.2, 0.25) is 11.8 Å². The Bertz CT molecular complexity index is 1740. The summed E-state index contributed by atoms with van der Waals surface area (Å²) in [7, 11) is 0. The molecule has 2 atom stereocenters. The Kier molecular flexibility index (Phi) is 8.84. The van der Waals surface area contributed by atoms with Gasteiger partial charge in [-0.05, 0) is 30.3 Å². The van der Waals surface area contributed by atoms with Crippen LogP contribution >= 0.6 is 11.6 Å². The fourth-order valence-corrected chi connectivity index (χ4v) is 5.63. The van der Waals surface area contributed by atoms with E-state index in [9.17, 15) is 47.1 Å². The van der Waals surface area contributed by atoms with Crippen LogP contribution in [0, 0.1) is 23.0 Å². The smallest absolute Gasteiger partial charge is 0.407 e. The minimum absolute atomic E-state index is 0.0411. The number of nitrogens with one attached hydrogen (secondary N) is 1. The van der Waals surface area contributed by atoms with Crippen LogP contribution in [0.15, 0.2) is 60.8 Å². The summed E-state index contributed by atoms with van der Waals surface area (Å²) < 4.78 is 56.7. The second-order valence-corrected chi connectivity index (χ2v) is 11.1. The predicted molar refractivity (Wildman–Crippen MR) is 154 cm³/mol. The first-order chi connectivity index (χ1) is 21.8. The molecule has 1 aromatic heterocycles. The monoisotopic (exact) mass is 658 g/mol. The molecular formula is C30H23ClF4N6O5. The molecule has 5 rings (SSSR count). The van der Waals surface area contributed by atoms with Crippen molar-refractivity contribution in [2.45, 2.75) is 36.9 Å². The van der Waals surface area contributed by atoms with Crippen molar-refractivity contribution >= 4 is 46.9 Å². The number of halogens is 5. The van der Waals surface area contributed by atoms with Gasteiger partial charge < -0.3 is 10.4 Å². The fraction of sp³-hybridized carbons (Fsp3) is 0.267. The molecule has 1 unspecified atom stereocenters. The van der Waals surface area contributed by atoms with Crippen molar-refractivity contribution in [1.82, 2.24) is 15.2 Å². The van der Waals surface area contributed by atoms with Gasteiger partial charge in [0.05, 0.1) is 23.9 Å². The Morgan fingerprint density at radius 1 is 1.11 bits per heavy atom. The van der Waals surface area contributed by atoms with Crippen LogP contribution in [-0.4, -0.2) is 69.9 Å². The zero-order chi connectivity index (χ0) is 33.3. The van der Waals surface area contributed by atoms with Crippen LogP contribution in [0.3, 0.4) is 0 Å². The summed E-state index contributed by atoms with van der Waals surface area (Å²) in [6, 6.07) is 7.32. The van der Waals surface area contributed by atoms with Gasteiger partial charge in [-0.2, -0.15) is 5.26 Å². The molecule has 4 amide bonds. The zero-order valence-corrected chi connectivity index (χ0v) is 24.3. The first kappa shape index (κ1) is 32.2. The number of carboxylic acid groups (broad SMARTS) is 1. The molecule has 1 saturated carbocycles. The van der Waals surface area contributed by atoms with Gasteiger partial charge in [0, 0.05) is 41.7 Å². The number of hydrogen-bond acceptors (Lipinski definition) is 6. The van der Waals surface area contributed by atoms with Crippen molar-refractivity contribution in [3.63, 3.8) is 0 Å². The molecule has 2 heterocycles. The maximum atomic E-state index is 14.7. The minimum Gasteiger partial charge on any atom is -0.465 e. The quantitative estimate of drug-likeness (QED) is 0.361. The average molecular weight is 659 g/mol. The van der Waals surface area contributed by atoms with E-state index in [4.69, 9.17) is 11.6 Å². The second-order valence-electron chi connectivity index (χ2n) is 10.7. The standard InChI is InChI=1S/C30H23ClF4N6O5/c31-22-4-2-1-3-21(22)26(27(43)38-19-11-30(34,35)12-19)40(20-9-17(32)8-18(33)10-20)28(44)23-14-39(29(45)46)15-25(42)41(23)24-7-16(13-36)5-6-37-24/h1-10,19,23,26H,11-12,14-15H2,(H,38,43)(H,45,46)/t23-,26?/m0/s1. The van der Waals surface area contributed by atoms with Crippen molar-refractivity contribution in [3.05, 3.63) is 88.6 Å². The molecule has 1 saturated heterocycles. The van der Waals surface area contributed by atoms with E-state index in [2.05, 4.69) is 10.3 Å². The zero-order valence-electron chi connectivity index (χ0n) is 23.5. The van der Waals surface area contributed by atoms with Crippen LogP contribution in [0.4, 0.5) is 33.9 Å². The van der Waals surface area contributed by atoms with E-state index in [1.54, 1.807) is 0 Å². The summed E-state index contributed by atoms with van der Waals surface area (Å²) in [4.78, 5) is 60.2. The minimum atomic E-state index is -3.03. The van der Waals surface area contributed by atoms with Crippen molar-refractivity contribution in [3.8, 4) is 6.07 Å². The SMILES string of the molecule is N#Cc1ccnc(N2C(=O)CN(C(=O)O)C[C@H]2C(=O)N(c2cc(F)cc(F)c2)C(C(=O)NC2CC(F)(F)C2)c2ccccc2Cl)c1. The topological polar surface area (TPSA) is 147 Å². The number of pyridine rings is 1. The largest absolute Gasteiger partial charge is 0.465 e. The molecular weight excluding hydrogens is 636 g/mol. The van der Waals surface area contributed by atoms with Crippen molar-refractivity contribution in [2.75, 3.05) is 22.9 Å². The van der Waals surface area contributed by atoms with Crippen LogP contribution in [0.1, 0.15) is 30.0 Å². The fourth-order valence-electron chi connectivity index (χ4n) is 5.39. The summed E-state index contributed by atoms with van der Waals surface area (Å²) >= 11 is 6.45. The molecule has 0 spiro atoms. The van der Waals surface area contributed by atoms with E-state index in [0.29, 0.717) is 15.9 Å². The number of piperazine rings is 1. The van der Waals surface area contributed by atoms with Crippen molar-refractivity contribution in [2.24, 2.45) is 0 Å². The number of anilines is 2. The molecule has 1 aliphatic carbocycles. The Morgan fingerprint density at radius 2 is 1.78 bits per heavy atom. The first-order valence-corrected chi connectivity index (χ1v) is 14.0. The lowest BCUT2D eigenvalue weighted by atomic mass is 9.87. The van der Waals surface area contributed by atoms with Gasteiger partial charge in [-0.25, -0.2) is 27.3 Å². The van der Waals surface area contributed by atoms with E-state index in [0.717, 1.165) is 17.0 Å². The summed E-state index contributed by atoms with van der Waals surface area (Å²) in [5.41, 5.74) is -0.557. The number of nitriles is 1. The molecule has 238 valence electrons. The van der Waals surface area contributed by atoms with Gasteiger partial charge in [-0.15, -0.1) is 0 Å². The van der Waals surface area contributed by atoms with E-state index in [1.807, 2.05) is 6.07 Å². The number of rotatable bonds is 7. The molecule has 1 aliphatic heterocycles. The van der Waals surface area contributed by atoms with E-state index < -0.39 is 91.1 Å². The third kappa shape index (κ3) is 6.57. The molecule has 11 nitrogen and oxygen atoms in total. The highest BCUT2D eigenvalue weighted by Gasteiger charge is 2.49. The number of amides is 4. The highest BCUT2D eigenvalue weighted by molar-refractivity contribution is 6.31. The lowest BCUT2D eigenvalue weighted by molar-refractivity contribution is -0.133. The Morgan fingerprint density at radius 3 is 2.39 bits per heavy atom. The maximum absolute atomic E-state index is 14.7. The van der Waals surface area contributed by atoms with Crippen LogP contribution in [0.2, 0.25) is 5.02 Å². The number of alkyl halides is 2. The normalized spacial score (nSPS) is 18.3. The lowest BCUT2D eigenvalue weighted by Crippen LogP contribution is -2.64. The molecule has 0 bridgehead atoms. The highest BCUT2D eigenvalue weighted by Crippen LogP contribution is 2.39. The van der Waals surface area contributed by atoms with E-state index >= 15 is 0 Å². The number of carbonyl (C=O) groups is 4. The number of carbonyl (C=O) groups excluding carboxylic acids is 3. The Hall–Kier alpha value is -5.23. The van der Waals surface area contributed by atoms with Crippen molar-refractivity contribution in [1.29, 1.82) is 5.26 Å². The summed E-state index contributed by atoms with van der Waals surface area (Å²) in [6.07, 6.45) is -1.79. The lowest BCUT2D eigenvalue weighted by Gasteiger charge is -2.42. The molecule has 0 radical (unpaired) electrons. The highest BCUT2D eigenvalue weighted by atomic mass is 35.5. The van der Waals surface area contributed by atoms with Gasteiger partial charge in [0.1, 0.15) is 36.1 Å². The van der Waals surface area contributed by atoms with E-state index in [-0.39, 0.29) is 22.0 Å². The van der Waals surface area contributed by atoms with Crippen LogP contribution in [0.5, 0.6) is 0 Å². The van der Waals surface area contributed by atoms with Gasteiger partial charge in [-0.1, -0.05) is 29.8 Å². The van der Waals surface area contributed by atoms with Gasteiger partial charge >= 0.3 is 6.09 Å². The Labute approximate surface area is 263 Å². The number of aromatic nitrogens is 1. The third-order valence-corrected chi connectivity index (χ3v) is 7.83. The van der Waals surface area contributed by atoms with Gasteiger partial charge in [-0.3, -0.25) is 29.1 Å². The second kappa shape index (κ2) is 12.6. The third-order valence-electron chi connectivity index (χ3n) is 7.48. The molecule has 2 aliphatic rings. The molecule has 2 fully saturated rings. The average Bonchev–Trinajstić information content (AvgIpc) is 2.98.